The van der Waals surface area contributed by atoms with Gasteiger partial charge < -0.3 is 21.9 Å². The maximum atomic E-state index is 0. The van der Waals surface area contributed by atoms with Crippen molar-refractivity contribution in [1.29, 1.82) is 0 Å². The molecule has 0 heterocycles. The molecule has 0 aromatic heterocycles. The van der Waals surface area contributed by atoms with Crippen LogP contribution in [-0.2, 0) is 82.0 Å². The molecule has 0 amide bonds. The summed E-state index contributed by atoms with van der Waals surface area (Å²) in [5.74, 6) is 0. The Bertz CT molecular complexity index is 11.7. The predicted octanol–water partition coefficient (Wildman–Crippen LogP) is -0.483. The zero-order valence-corrected chi connectivity index (χ0v) is 7.42. The van der Waals surface area contributed by atoms with Crippen LogP contribution in [0.2, 0.25) is 0 Å². The zero-order valence-electron chi connectivity index (χ0n) is 2.82. The van der Waals surface area contributed by atoms with Gasteiger partial charge in [0.25, 0.3) is 0 Å². The standard InChI is InChI=1S/Co.Fe.4O.Zr/q2*+2;4*-2;+4. The fraction of sp³-hybridized carbons (Fsp3) is 0. The van der Waals surface area contributed by atoms with Crippen LogP contribution < -0.4 is 0 Å². The first-order valence-electron chi connectivity index (χ1n) is 0. The molecule has 0 saturated carbocycles. The summed E-state index contributed by atoms with van der Waals surface area (Å²) in [6, 6.07) is 0. The van der Waals surface area contributed by atoms with Gasteiger partial charge in [0.05, 0.1) is 0 Å². The van der Waals surface area contributed by atoms with E-state index in [0.717, 1.165) is 0 Å². The third-order valence-electron chi connectivity index (χ3n) is 0. The maximum absolute atomic E-state index is 0. The summed E-state index contributed by atoms with van der Waals surface area (Å²) in [6.07, 6.45) is 0. The quantitative estimate of drug-likeness (QED) is 0.529. The van der Waals surface area contributed by atoms with Crippen LogP contribution in [0.25, 0.3) is 0 Å². The molecule has 0 aliphatic rings. The minimum Gasteiger partial charge on any atom is -2.00 e. The fourth-order valence-electron chi connectivity index (χ4n) is 0. The first-order chi connectivity index (χ1) is 0. The van der Waals surface area contributed by atoms with E-state index in [0.29, 0.717) is 0 Å². The Hall–Kier alpha value is 1.75. The molecule has 0 saturated heterocycles. The molecule has 1 radical (unpaired) electrons. The third kappa shape index (κ3) is 83.7. The van der Waals surface area contributed by atoms with Crippen molar-refractivity contribution in [3.63, 3.8) is 0 Å². The molecule has 0 N–H and O–H groups in total. The Balaban J connectivity index is 0. The van der Waals surface area contributed by atoms with Crippen molar-refractivity contribution in [2.45, 2.75) is 0 Å². The molecule has 0 unspecified atom stereocenters. The summed E-state index contributed by atoms with van der Waals surface area (Å²) >= 11 is 0. The summed E-state index contributed by atoms with van der Waals surface area (Å²) in [5, 5.41) is 0. The van der Waals surface area contributed by atoms with Gasteiger partial charge in [-0.15, -0.1) is 0 Å². The molecule has 0 spiro atoms. The van der Waals surface area contributed by atoms with E-state index in [1.54, 1.807) is 0 Å². The first-order valence-corrected chi connectivity index (χ1v) is 0. The van der Waals surface area contributed by atoms with E-state index < -0.39 is 0 Å². The number of hydrogen-bond acceptors (Lipinski definition) is 0. The molecule has 0 aliphatic carbocycles. The normalized spacial score (nSPS) is 0. The topological polar surface area (TPSA) is 114 Å². The second kappa shape index (κ2) is 115. The van der Waals surface area contributed by atoms with Gasteiger partial charge in [0.15, 0.2) is 0 Å². The van der Waals surface area contributed by atoms with E-state index in [9.17, 15) is 0 Å². The predicted molar refractivity (Wildman–Crippen MR) is 2.75 cm³/mol. The molecule has 0 aliphatic heterocycles. The molecular weight excluding hydrogens is 270 g/mol. The fourth-order valence-corrected chi connectivity index (χ4v) is 0. The summed E-state index contributed by atoms with van der Waals surface area (Å²) in [7, 11) is 0. The maximum Gasteiger partial charge on any atom is 4.00 e. The average Bonchev–Trinajstić information content (AvgIpc) is 0. The molecule has 0 bridgehead atoms. The van der Waals surface area contributed by atoms with Crippen LogP contribution in [0.3, 0.4) is 0 Å². The third-order valence-corrected chi connectivity index (χ3v) is 0. The van der Waals surface area contributed by atoms with Gasteiger partial charge in [0.2, 0.25) is 0 Å². The Morgan fingerprint density at radius 2 is 0.571 bits per heavy atom. The van der Waals surface area contributed by atoms with Crippen LogP contribution in [0, 0.1) is 0 Å². The molecule has 0 aromatic rings. The van der Waals surface area contributed by atoms with E-state index in [4.69, 9.17) is 0 Å². The summed E-state index contributed by atoms with van der Waals surface area (Å²) in [4.78, 5) is 0. The molecule has 7 heteroatoms. The Labute approximate surface area is 81.5 Å². The van der Waals surface area contributed by atoms with E-state index >= 15 is 0 Å². The van der Waals surface area contributed by atoms with Crippen molar-refractivity contribution >= 4 is 0 Å². The van der Waals surface area contributed by atoms with Gasteiger partial charge in [0.1, 0.15) is 0 Å². The van der Waals surface area contributed by atoms with Gasteiger partial charge in [-0.1, -0.05) is 0 Å². The molecule has 7 heavy (non-hydrogen) atoms. The molecule has 45 valence electrons. The van der Waals surface area contributed by atoms with E-state index in [1.807, 2.05) is 0 Å². The second-order valence-corrected chi connectivity index (χ2v) is 0. The number of hydrogen-bond donors (Lipinski definition) is 0. The molecule has 0 fully saturated rings. The van der Waals surface area contributed by atoms with Gasteiger partial charge >= 0.3 is 60.1 Å². The van der Waals surface area contributed by atoms with Gasteiger partial charge in [-0.3, -0.25) is 0 Å². The molecular formula is CoFeO4Zr. The van der Waals surface area contributed by atoms with Crippen molar-refractivity contribution in [2.75, 3.05) is 0 Å². The van der Waals surface area contributed by atoms with E-state index in [2.05, 4.69) is 0 Å². The van der Waals surface area contributed by atoms with E-state index in [-0.39, 0.29) is 82.0 Å². The molecule has 4 nitrogen and oxygen atoms in total. The minimum absolute atomic E-state index is 0. The van der Waals surface area contributed by atoms with Gasteiger partial charge in [0, 0.05) is 0 Å². The largest absolute Gasteiger partial charge is 4.00 e. The average molecular weight is 270 g/mol. The van der Waals surface area contributed by atoms with Crippen LogP contribution in [0.15, 0.2) is 0 Å². The van der Waals surface area contributed by atoms with E-state index in [1.165, 1.54) is 0 Å². The van der Waals surface area contributed by atoms with Crippen molar-refractivity contribution in [2.24, 2.45) is 0 Å². The smallest absolute Gasteiger partial charge is 2.00 e. The van der Waals surface area contributed by atoms with Crippen LogP contribution in [0.5, 0.6) is 0 Å². The van der Waals surface area contributed by atoms with Crippen LogP contribution in [0.1, 0.15) is 0 Å². The van der Waals surface area contributed by atoms with Crippen molar-refractivity contribution in [3.05, 3.63) is 0 Å². The zero-order chi connectivity index (χ0) is 0. The van der Waals surface area contributed by atoms with Crippen LogP contribution >= 0.6 is 0 Å². The summed E-state index contributed by atoms with van der Waals surface area (Å²) < 4.78 is 0. The van der Waals surface area contributed by atoms with Gasteiger partial charge in [-0.05, 0) is 0 Å². The van der Waals surface area contributed by atoms with Crippen molar-refractivity contribution in [3.8, 4) is 0 Å². The molecule has 0 rings (SSSR count). The Kier molecular flexibility index (Phi) is 2830. The van der Waals surface area contributed by atoms with Gasteiger partial charge in [-0.2, -0.15) is 0 Å². The Morgan fingerprint density at radius 3 is 0.571 bits per heavy atom. The van der Waals surface area contributed by atoms with Crippen molar-refractivity contribution in [1.82, 2.24) is 0 Å². The summed E-state index contributed by atoms with van der Waals surface area (Å²) in [5.41, 5.74) is 0. The number of rotatable bonds is 0. The summed E-state index contributed by atoms with van der Waals surface area (Å²) in [6.45, 7) is 0. The monoisotopic (exact) mass is 269 g/mol. The van der Waals surface area contributed by atoms with Crippen molar-refractivity contribution < 1.29 is 82.0 Å². The van der Waals surface area contributed by atoms with Crippen LogP contribution in [0.4, 0.5) is 0 Å². The first kappa shape index (κ1) is 172. The molecule has 0 aromatic carbocycles. The van der Waals surface area contributed by atoms with Crippen LogP contribution in [-0.4, -0.2) is 0 Å². The Morgan fingerprint density at radius 1 is 0.571 bits per heavy atom. The molecule has 0 atom stereocenters. The second-order valence-electron chi connectivity index (χ2n) is 0. The SMILES string of the molecule is [Co+2].[Fe+2].[O-2].[O-2].[O-2].[O-2].[Zr+4]. The minimum atomic E-state index is 0. The van der Waals surface area contributed by atoms with Gasteiger partial charge in [-0.25, -0.2) is 0 Å².